The van der Waals surface area contributed by atoms with E-state index in [1.54, 1.807) is 25.3 Å². The smallest absolute Gasteiger partial charge is 0.221 e. The molecular weight excluding hydrogens is 459 g/mol. The van der Waals surface area contributed by atoms with Gasteiger partial charge in [0, 0.05) is 40.5 Å². The Kier molecular flexibility index (Phi) is 7.91. The second-order valence-electron chi connectivity index (χ2n) is 6.75. The fourth-order valence-electron chi connectivity index (χ4n) is 2.88. The summed E-state index contributed by atoms with van der Waals surface area (Å²) in [4.78, 5) is 11.1. The predicted molar refractivity (Wildman–Crippen MR) is 127 cm³/mol. The van der Waals surface area contributed by atoms with E-state index in [1.165, 1.54) is 6.92 Å². The second-order valence-corrected chi connectivity index (χ2v) is 8.00. The molecule has 0 aromatic heterocycles. The number of carbonyl (C=O) groups is 1. The third-order valence-corrected chi connectivity index (χ3v) is 5.25. The van der Waals surface area contributed by atoms with Crippen LogP contribution in [0.15, 0.2) is 54.6 Å². The zero-order chi connectivity index (χ0) is 22.4. The van der Waals surface area contributed by atoms with Crippen molar-refractivity contribution in [3.8, 4) is 11.5 Å². The molecule has 0 saturated carbocycles. The van der Waals surface area contributed by atoms with Crippen molar-refractivity contribution in [3.63, 3.8) is 0 Å². The Hall–Kier alpha value is -2.60. The van der Waals surface area contributed by atoms with Crippen LogP contribution in [0.3, 0.4) is 0 Å². The molecule has 3 aromatic rings. The molecule has 0 bridgehead atoms. The van der Waals surface area contributed by atoms with Gasteiger partial charge in [-0.05, 0) is 54.1 Å². The van der Waals surface area contributed by atoms with Gasteiger partial charge < -0.3 is 20.1 Å². The maximum Gasteiger partial charge on any atom is 0.221 e. The van der Waals surface area contributed by atoms with Crippen LogP contribution < -0.4 is 20.1 Å². The average molecular weight is 480 g/mol. The van der Waals surface area contributed by atoms with Gasteiger partial charge >= 0.3 is 0 Å². The number of hydrogen-bond acceptors (Lipinski definition) is 4. The normalized spacial score (nSPS) is 10.5. The first kappa shape index (κ1) is 23.1. The van der Waals surface area contributed by atoms with Gasteiger partial charge in [0.1, 0.15) is 6.61 Å². The molecule has 0 atom stereocenters. The number of carbonyl (C=O) groups excluding carboxylic acids is 1. The Morgan fingerprint density at radius 3 is 2.29 bits per heavy atom. The summed E-state index contributed by atoms with van der Waals surface area (Å²) in [5.41, 5.74) is 3.36. The quantitative estimate of drug-likeness (QED) is 0.373. The van der Waals surface area contributed by atoms with Crippen LogP contribution in [0.1, 0.15) is 18.1 Å². The number of rotatable bonds is 8. The standard InChI is InChI=1S/C23H21Cl3N2O3/c1-14(29)28-19-7-5-18(6-8-19)27-12-15-9-21(26)23(22(10-15)30-2)31-13-16-3-4-17(24)11-20(16)25/h3-11,27H,12-13H2,1-2H3,(H,28,29). The van der Waals surface area contributed by atoms with Gasteiger partial charge in [-0.2, -0.15) is 0 Å². The van der Waals surface area contributed by atoms with Crippen molar-refractivity contribution in [1.82, 2.24) is 0 Å². The molecular formula is C23H21Cl3N2O3. The second kappa shape index (κ2) is 10.6. The van der Waals surface area contributed by atoms with Crippen LogP contribution in [0.5, 0.6) is 11.5 Å². The minimum Gasteiger partial charge on any atom is -0.493 e. The first-order chi connectivity index (χ1) is 14.9. The SMILES string of the molecule is COc1cc(CNc2ccc(NC(C)=O)cc2)cc(Cl)c1OCc1ccc(Cl)cc1Cl. The highest BCUT2D eigenvalue weighted by atomic mass is 35.5. The van der Waals surface area contributed by atoms with Gasteiger partial charge in [0.25, 0.3) is 0 Å². The Balaban J connectivity index is 1.67. The van der Waals surface area contributed by atoms with Gasteiger partial charge in [-0.1, -0.05) is 40.9 Å². The molecule has 2 N–H and O–H groups in total. The summed E-state index contributed by atoms with van der Waals surface area (Å²) < 4.78 is 11.4. The van der Waals surface area contributed by atoms with Crippen LogP contribution in [0.2, 0.25) is 15.1 Å². The molecule has 0 aliphatic heterocycles. The number of hydrogen-bond donors (Lipinski definition) is 2. The molecule has 1 amide bonds. The summed E-state index contributed by atoms with van der Waals surface area (Å²) in [5.74, 6) is 0.858. The molecule has 0 fully saturated rings. The molecule has 0 aliphatic rings. The summed E-state index contributed by atoms with van der Waals surface area (Å²) in [7, 11) is 1.56. The Morgan fingerprint density at radius 1 is 0.935 bits per heavy atom. The van der Waals surface area contributed by atoms with Crippen molar-refractivity contribution in [2.24, 2.45) is 0 Å². The van der Waals surface area contributed by atoms with Crippen LogP contribution in [-0.4, -0.2) is 13.0 Å². The third-order valence-electron chi connectivity index (χ3n) is 4.38. The van der Waals surface area contributed by atoms with Crippen LogP contribution in [-0.2, 0) is 17.9 Å². The third kappa shape index (κ3) is 6.44. The molecule has 3 aromatic carbocycles. The van der Waals surface area contributed by atoms with Crippen molar-refractivity contribution in [2.45, 2.75) is 20.1 Å². The summed E-state index contributed by atoms with van der Waals surface area (Å²) in [6.07, 6.45) is 0. The van der Waals surface area contributed by atoms with Crippen molar-refractivity contribution in [3.05, 3.63) is 80.8 Å². The molecule has 0 radical (unpaired) electrons. The van der Waals surface area contributed by atoms with Gasteiger partial charge in [-0.25, -0.2) is 0 Å². The molecule has 31 heavy (non-hydrogen) atoms. The minimum atomic E-state index is -0.108. The lowest BCUT2D eigenvalue weighted by Crippen LogP contribution is -2.06. The fraction of sp³-hybridized carbons (Fsp3) is 0.174. The minimum absolute atomic E-state index is 0.108. The summed E-state index contributed by atoms with van der Waals surface area (Å²) in [6.45, 7) is 2.23. The van der Waals surface area contributed by atoms with Gasteiger partial charge in [0.05, 0.1) is 12.1 Å². The number of methoxy groups -OCH3 is 1. The fourth-order valence-corrected chi connectivity index (χ4v) is 3.63. The van der Waals surface area contributed by atoms with Crippen LogP contribution in [0.4, 0.5) is 11.4 Å². The first-order valence-electron chi connectivity index (χ1n) is 9.40. The summed E-state index contributed by atoms with van der Waals surface area (Å²) in [5, 5.41) is 7.56. The zero-order valence-corrected chi connectivity index (χ0v) is 19.2. The highest BCUT2D eigenvalue weighted by molar-refractivity contribution is 6.35. The highest BCUT2D eigenvalue weighted by Gasteiger charge is 2.13. The topological polar surface area (TPSA) is 59.6 Å². The predicted octanol–water partition coefficient (Wildman–Crippen LogP) is 6.80. The molecule has 0 heterocycles. The molecule has 0 unspecified atom stereocenters. The molecule has 8 heteroatoms. The molecule has 162 valence electrons. The number of amides is 1. The van der Waals surface area contributed by atoms with E-state index in [-0.39, 0.29) is 12.5 Å². The number of halogens is 3. The number of nitrogens with one attached hydrogen (secondary N) is 2. The summed E-state index contributed by atoms with van der Waals surface area (Å²) in [6, 6.07) is 16.3. The van der Waals surface area contributed by atoms with Gasteiger partial charge in [0.2, 0.25) is 5.91 Å². The number of benzene rings is 3. The lowest BCUT2D eigenvalue weighted by atomic mass is 10.2. The monoisotopic (exact) mass is 478 g/mol. The Morgan fingerprint density at radius 2 is 1.65 bits per heavy atom. The molecule has 0 spiro atoms. The van der Waals surface area contributed by atoms with E-state index in [1.807, 2.05) is 36.4 Å². The van der Waals surface area contributed by atoms with Crippen LogP contribution in [0.25, 0.3) is 0 Å². The van der Waals surface area contributed by atoms with E-state index in [0.717, 1.165) is 22.5 Å². The summed E-state index contributed by atoms with van der Waals surface area (Å²) >= 11 is 18.6. The lowest BCUT2D eigenvalue weighted by molar-refractivity contribution is -0.114. The molecule has 5 nitrogen and oxygen atoms in total. The maximum absolute atomic E-state index is 11.1. The molecule has 0 aliphatic carbocycles. The van der Waals surface area contributed by atoms with E-state index < -0.39 is 0 Å². The van der Waals surface area contributed by atoms with Crippen LogP contribution >= 0.6 is 34.8 Å². The largest absolute Gasteiger partial charge is 0.493 e. The van der Waals surface area contributed by atoms with E-state index >= 15 is 0 Å². The first-order valence-corrected chi connectivity index (χ1v) is 10.5. The van der Waals surface area contributed by atoms with Crippen molar-refractivity contribution in [1.29, 1.82) is 0 Å². The van der Waals surface area contributed by atoms with E-state index in [4.69, 9.17) is 44.3 Å². The van der Waals surface area contributed by atoms with Gasteiger partial charge in [0.15, 0.2) is 11.5 Å². The maximum atomic E-state index is 11.1. The Labute approximate surface area is 196 Å². The van der Waals surface area contributed by atoms with E-state index in [9.17, 15) is 4.79 Å². The van der Waals surface area contributed by atoms with Crippen LogP contribution in [0, 0.1) is 0 Å². The van der Waals surface area contributed by atoms with Crippen molar-refractivity contribution < 1.29 is 14.3 Å². The molecule has 0 saturated heterocycles. The Bertz CT molecular complexity index is 1070. The van der Waals surface area contributed by atoms with Gasteiger partial charge in [-0.15, -0.1) is 0 Å². The number of anilines is 2. The van der Waals surface area contributed by atoms with E-state index in [0.29, 0.717) is 33.1 Å². The lowest BCUT2D eigenvalue weighted by Gasteiger charge is -2.15. The number of ether oxygens (including phenoxy) is 2. The molecule has 3 rings (SSSR count). The van der Waals surface area contributed by atoms with E-state index in [2.05, 4.69) is 10.6 Å². The average Bonchev–Trinajstić information content (AvgIpc) is 2.73. The zero-order valence-electron chi connectivity index (χ0n) is 17.0. The van der Waals surface area contributed by atoms with Gasteiger partial charge in [-0.3, -0.25) is 4.79 Å². The van der Waals surface area contributed by atoms with Crippen molar-refractivity contribution in [2.75, 3.05) is 17.7 Å². The van der Waals surface area contributed by atoms with Crippen molar-refractivity contribution >= 4 is 52.1 Å². The highest BCUT2D eigenvalue weighted by Crippen LogP contribution is 2.37.